The van der Waals surface area contributed by atoms with Crippen molar-refractivity contribution in [2.45, 2.75) is 12.2 Å². The van der Waals surface area contributed by atoms with Gasteiger partial charge in [-0.15, -0.1) is 0 Å². The van der Waals surface area contributed by atoms with Gasteiger partial charge in [0, 0.05) is 17.5 Å². The number of rotatable bonds is 3. The molecule has 0 aliphatic carbocycles. The van der Waals surface area contributed by atoms with Gasteiger partial charge in [-0.25, -0.2) is 0 Å². The molecule has 0 saturated carbocycles. The highest BCUT2D eigenvalue weighted by atomic mass is 19.4. The molecule has 7 heteroatoms. The summed E-state index contributed by atoms with van der Waals surface area (Å²) in [6.45, 7) is -0.0716. The molecule has 16 heavy (non-hydrogen) atoms. The Balaban J connectivity index is 2.94. The Bertz CT molecular complexity index is 409. The summed E-state index contributed by atoms with van der Waals surface area (Å²) in [6, 6.07) is 3.93. The van der Waals surface area contributed by atoms with Gasteiger partial charge >= 0.3 is 6.18 Å². The zero-order valence-corrected chi connectivity index (χ0v) is 8.15. The van der Waals surface area contributed by atoms with Gasteiger partial charge in [-0.3, -0.25) is 0 Å². The largest absolute Gasteiger partial charge is 0.416 e. The topological polar surface area (TPSA) is 74.8 Å². The third-order valence-electron chi connectivity index (χ3n) is 1.98. The lowest BCUT2D eigenvalue weighted by Gasteiger charge is -2.12. The molecule has 0 aromatic heterocycles. The first-order chi connectivity index (χ1) is 7.45. The van der Waals surface area contributed by atoms with Crippen molar-refractivity contribution in [3.05, 3.63) is 45.8 Å². The van der Waals surface area contributed by atoms with Gasteiger partial charge in [-0.1, -0.05) is 17.2 Å². The zero-order valence-electron chi connectivity index (χ0n) is 8.15. The van der Waals surface area contributed by atoms with E-state index in [9.17, 15) is 13.2 Å². The van der Waals surface area contributed by atoms with Crippen molar-refractivity contribution in [1.29, 1.82) is 0 Å². The summed E-state index contributed by atoms with van der Waals surface area (Å²) in [7, 11) is 0. The van der Waals surface area contributed by atoms with Crippen LogP contribution in [0.3, 0.4) is 0 Å². The predicted molar refractivity (Wildman–Crippen MR) is 52.4 cm³/mol. The molecule has 1 rings (SSSR count). The van der Waals surface area contributed by atoms with Crippen LogP contribution >= 0.6 is 0 Å². The molecule has 0 spiro atoms. The standard InChI is InChI=1S/C9H9F3N4/c10-9(11,12)7-3-1-2-6(4-7)8(13)5-15-16-14/h1-4,8H,5,13H2. The Kier molecular flexibility index (Phi) is 3.76. The minimum absolute atomic E-state index is 0.0716. The van der Waals surface area contributed by atoms with Gasteiger partial charge in [0.2, 0.25) is 0 Å². The van der Waals surface area contributed by atoms with Crippen molar-refractivity contribution in [1.82, 2.24) is 0 Å². The highest BCUT2D eigenvalue weighted by Crippen LogP contribution is 2.30. The Morgan fingerprint density at radius 3 is 2.69 bits per heavy atom. The summed E-state index contributed by atoms with van der Waals surface area (Å²) < 4.78 is 37.1. The maximum Gasteiger partial charge on any atom is 0.416 e. The number of azide groups is 1. The van der Waals surface area contributed by atoms with E-state index in [1.807, 2.05) is 0 Å². The molecule has 0 amide bonds. The van der Waals surface area contributed by atoms with Gasteiger partial charge in [-0.05, 0) is 23.2 Å². The van der Waals surface area contributed by atoms with E-state index in [0.29, 0.717) is 5.56 Å². The fourth-order valence-corrected chi connectivity index (χ4v) is 1.18. The fourth-order valence-electron chi connectivity index (χ4n) is 1.18. The molecule has 0 saturated heterocycles. The Morgan fingerprint density at radius 2 is 2.12 bits per heavy atom. The van der Waals surface area contributed by atoms with Crippen LogP contribution in [0.25, 0.3) is 10.4 Å². The van der Waals surface area contributed by atoms with E-state index in [1.165, 1.54) is 12.1 Å². The lowest BCUT2D eigenvalue weighted by atomic mass is 10.0. The van der Waals surface area contributed by atoms with Crippen molar-refractivity contribution < 1.29 is 13.2 Å². The lowest BCUT2D eigenvalue weighted by Crippen LogP contribution is -2.14. The molecule has 0 radical (unpaired) electrons. The van der Waals surface area contributed by atoms with Crippen LogP contribution in [0.15, 0.2) is 29.4 Å². The van der Waals surface area contributed by atoms with Crippen LogP contribution in [0.5, 0.6) is 0 Å². The van der Waals surface area contributed by atoms with Crippen LogP contribution in [0, 0.1) is 0 Å². The monoisotopic (exact) mass is 230 g/mol. The Labute approximate surface area is 89.5 Å². The lowest BCUT2D eigenvalue weighted by molar-refractivity contribution is -0.137. The summed E-state index contributed by atoms with van der Waals surface area (Å²) in [5.41, 5.74) is 13.2. The first-order valence-electron chi connectivity index (χ1n) is 4.38. The van der Waals surface area contributed by atoms with Gasteiger partial charge < -0.3 is 5.73 Å². The average molecular weight is 230 g/mol. The van der Waals surface area contributed by atoms with Crippen LogP contribution in [-0.2, 0) is 6.18 Å². The molecule has 0 heterocycles. The van der Waals surface area contributed by atoms with Crippen molar-refractivity contribution in [3.8, 4) is 0 Å². The quantitative estimate of drug-likeness (QED) is 0.483. The van der Waals surface area contributed by atoms with E-state index in [1.54, 1.807) is 0 Å². The van der Waals surface area contributed by atoms with E-state index < -0.39 is 17.8 Å². The predicted octanol–water partition coefficient (Wildman–Crippen LogP) is 3.02. The smallest absolute Gasteiger partial charge is 0.324 e. The maximum atomic E-state index is 12.4. The fraction of sp³-hybridized carbons (Fsp3) is 0.333. The minimum atomic E-state index is -4.39. The molecule has 1 unspecified atom stereocenters. The van der Waals surface area contributed by atoms with Crippen molar-refractivity contribution in [3.63, 3.8) is 0 Å². The van der Waals surface area contributed by atoms with Crippen molar-refractivity contribution in [2.75, 3.05) is 6.54 Å². The first kappa shape index (κ1) is 12.4. The third kappa shape index (κ3) is 3.15. The molecule has 86 valence electrons. The van der Waals surface area contributed by atoms with Gasteiger partial charge in [0.05, 0.1) is 5.56 Å². The SMILES string of the molecule is [N-]=[N+]=NCC(N)c1cccc(C(F)(F)F)c1. The minimum Gasteiger partial charge on any atom is -0.324 e. The highest BCUT2D eigenvalue weighted by Gasteiger charge is 2.30. The molecule has 1 aromatic rings. The second-order valence-corrected chi connectivity index (χ2v) is 3.14. The van der Waals surface area contributed by atoms with Gasteiger partial charge in [0.25, 0.3) is 0 Å². The Hall–Kier alpha value is -1.72. The zero-order chi connectivity index (χ0) is 12.2. The summed E-state index contributed by atoms with van der Waals surface area (Å²) in [5.74, 6) is 0. The van der Waals surface area contributed by atoms with Crippen LogP contribution in [0.4, 0.5) is 13.2 Å². The van der Waals surface area contributed by atoms with E-state index in [4.69, 9.17) is 11.3 Å². The van der Waals surface area contributed by atoms with Crippen LogP contribution in [0.1, 0.15) is 17.2 Å². The van der Waals surface area contributed by atoms with E-state index in [2.05, 4.69) is 10.0 Å². The molecular formula is C9H9F3N4. The second-order valence-electron chi connectivity index (χ2n) is 3.14. The number of nitrogens with zero attached hydrogens (tertiary/aromatic N) is 3. The molecule has 0 bridgehead atoms. The number of hydrogen-bond donors (Lipinski definition) is 1. The third-order valence-corrected chi connectivity index (χ3v) is 1.98. The molecule has 1 aromatic carbocycles. The van der Waals surface area contributed by atoms with Crippen LogP contribution in [0.2, 0.25) is 0 Å². The number of nitrogens with two attached hydrogens (primary N) is 1. The normalized spacial score (nSPS) is 13.0. The van der Waals surface area contributed by atoms with E-state index in [-0.39, 0.29) is 6.54 Å². The maximum absolute atomic E-state index is 12.4. The van der Waals surface area contributed by atoms with Crippen LogP contribution < -0.4 is 5.73 Å². The second kappa shape index (κ2) is 4.87. The van der Waals surface area contributed by atoms with Crippen LogP contribution in [-0.4, -0.2) is 6.54 Å². The summed E-state index contributed by atoms with van der Waals surface area (Å²) >= 11 is 0. The summed E-state index contributed by atoms with van der Waals surface area (Å²) in [4.78, 5) is 2.50. The van der Waals surface area contributed by atoms with Gasteiger partial charge in [-0.2, -0.15) is 13.2 Å². The number of alkyl halides is 3. The molecule has 1 atom stereocenters. The molecule has 0 fully saturated rings. The highest BCUT2D eigenvalue weighted by molar-refractivity contribution is 5.27. The molecule has 0 aliphatic heterocycles. The molecule has 4 nitrogen and oxygen atoms in total. The average Bonchev–Trinajstić information content (AvgIpc) is 2.25. The molecule has 0 aliphatic rings. The number of halogens is 3. The van der Waals surface area contributed by atoms with Gasteiger partial charge in [0.1, 0.15) is 0 Å². The Morgan fingerprint density at radius 1 is 1.44 bits per heavy atom. The van der Waals surface area contributed by atoms with Crippen molar-refractivity contribution >= 4 is 0 Å². The number of hydrogen-bond acceptors (Lipinski definition) is 2. The summed E-state index contributed by atoms with van der Waals surface area (Å²) in [5, 5.41) is 3.21. The van der Waals surface area contributed by atoms with Crippen molar-refractivity contribution in [2.24, 2.45) is 10.8 Å². The van der Waals surface area contributed by atoms with E-state index >= 15 is 0 Å². The summed E-state index contributed by atoms with van der Waals surface area (Å²) in [6.07, 6.45) is -4.39. The first-order valence-corrected chi connectivity index (χ1v) is 4.38. The van der Waals surface area contributed by atoms with E-state index in [0.717, 1.165) is 12.1 Å². The number of benzene rings is 1. The van der Waals surface area contributed by atoms with Gasteiger partial charge in [0.15, 0.2) is 0 Å². The molecule has 2 N–H and O–H groups in total. The molecular weight excluding hydrogens is 221 g/mol.